The largest absolute Gasteiger partial charge is 0.300 e. The summed E-state index contributed by atoms with van der Waals surface area (Å²) < 4.78 is 0. The molecule has 0 saturated carbocycles. The molecule has 0 bridgehead atoms. The number of rotatable bonds is 0. The molecule has 7 atom stereocenters. The Morgan fingerprint density at radius 1 is 0.318 bits per heavy atom. The van der Waals surface area contributed by atoms with Crippen molar-refractivity contribution in [2.24, 2.45) is 17.8 Å². The van der Waals surface area contributed by atoms with Gasteiger partial charge in [0.05, 0.1) is 0 Å². The van der Waals surface area contributed by atoms with Crippen molar-refractivity contribution >= 4 is 10.8 Å². The van der Waals surface area contributed by atoms with Gasteiger partial charge in [0.1, 0.15) is 0 Å². The van der Waals surface area contributed by atoms with E-state index in [9.17, 15) is 0 Å². The monoisotopic (exact) mass is 598 g/mol. The van der Waals surface area contributed by atoms with Gasteiger partial charge in [-0.15, -0.1) is 0 Å². The van der Waals surface area contributed by atoms with Crippen molar-refractivity contribution in [3.8, 4) is 0 Å². The molecule has 1 aliphatic carbocycles. The lowest BCUT2D eigenvalue weighted by Crippen LogP contribution is -2.29. The number of benzene rings is 3. The maximum Gasteiger partial charge on any atom is 0.00955 e. The van der Waals surface area contributed by atoms with Gasteiger partial charge in [-0.3, -0.25) is 0 Å². The molecule has 1 saturated heterocycles. The van der Waals surface area contributed by atoms with Crippen LogP contribution in [0.2, 0.25) is 0 Å². The van der Waals surface area contributed by atoms with Gasteiger partial charge in [-0.05, 0) is 222 Å². The summed E-state index contributed by atoms with van der Waals surface area (Å²) in [4.78, 5) is 2.48. The zero-order chi connectivity index (χ0) is 33.9. The molecule has 0 amide bonds. The lowest BCUT2D eigenvalue weighted by molar-refractivity contribution is 0.248. The van der Waals surface area contributed by atoms with E-state index in [0.29, 0.717) is 0 Å². The zero-order valence-corrected chi connectivity index (χ0v) is 32.5. The highest BCUT2D eigenvalue weighted by Gasteiger charge is 2.37. The lowest BCUT2D eigenvalue weighted by atomic mass is 9.83. The second kappa shape index (κ2) is 13.3. The van der Waals surface area contributed by atoms with E-state index in [-0.39, 0.29) is 0 Å². The molecule has 44 heavy (non-hydrogen) atoms. The van der Waals surface area contributed by atoms with Crippen molar-refractivity contribution in [3.05, 3.63) is 77.9 Å². The molecule has 2 aliphatic rings. The summed E-state index contributed by atoms with van der Waals surface area (Å²) in [6.45, 7) is 43.8. The molecule has 244 valence electrons. The third kappa shape index (κ3) is 5.81. The fourth-order valence-corrected chi connectivity index (χ4v) is 8.68. The minimum Gasteiger partial charge on any atom is -0.300 e. The van der Waals surface area contributed by atoms with Crippen LogP contribution in [-0.4, -0.2) is 24.0 Å². The smallest absolute Gasteiger partial charge is 0.00955 e. The van der Waals surface area contributed by atoms with Crippen LogP contribution in [0.4, 0.5) is 0 Å². The Labute approximate surface area is 273 Å². The van der Waals surface area contributed by atoms with Crippen LogP contribution in [0.1, 0.15) is 138 Å². The molecule has 1 heteroatoms. The van der Waals surface area contributed by atoms with Crippen molar-refractivity contribution in [3.63, 3.8) is 0 Å². The number of fused-ring (bicyclic) bond motifs is 2. The number of aryl methyl sites for hydroxylation is 4. The molecular weight excluding hydrogens is 530 g/mol. The van der Waals surface area contributed by atoms with Crippen LogP contribution >= 0.6 is 0 Å². The van der Waals surface area contributed by atoms with Gasteiger partial charge in [-0.1, -0.05) is 34.6 Å². The van der Waals surface area contributed by atoms with E-state index in [1.54, 1.807) is 22.3 Å². The standard InChI is InChI=1S/C18H24.C16H24.C9H19N/c1-9-10(2)14(6)18-16(8)12(4)11(3)15(7)17(18)13(9)5;1-8-9(2)12(5)16-14(7)10(3)13(6)15(16)11(8)4;1-6-7(2)9(4)10(5)8(6)3/h1-8H3;10,13-14H,1-7H3;6-9H,1-5H3/t;10?,13-,14+;6-,7+,8-,9+. The Morgan fingerprint density at radius 3 is 0.750 bits per heavy atom. The fourth-order valence-electron chi connectivity index (χ4n) is 8.68. The summed E-state index contributed by atoms with van der Waals surface area (Å²) in [5.41, 5.74) is 21.0. The maximum atomic E-state index is 2.48. The minimum atomic E-state index is 0.725. The molecule has 0 spiro atoms. The molecule has 1 aliphatic heterocycles. The number of hydrogen-bond donors (Lipinski definition) is 0. The average Bonchev–Trinajstić information content (AvgIpc) is 3.32. The number of nitrogens with zero attached hydrogens (tertiary/aromatic N) is 1. The molecule has 3 aromatic rings. The van der Waals surface area contributed by atoms with Gasteiger partial charge in [0, 0.05) is 12.1 Å². The summed E-state index contributed by atoms with van der Waals surface area (Å²) >= 11 is 0. The number of likely N-dealkylation sites (tertiary alicyclic amines) is 1. The molecule has 1 fully saturated rings. The van der Waals surface area contributed by atoms with Crippen molar-refractivity contribution in [2.75, 3.05) is 7.05 Å². The van der Waals surface area contributed by atoms with Gasteiger partial charge in [0.25, 0.3) is 0 Å². The molecule has 1 heterocycles. The quantitative estimate of drug-likeness (QED) is 0.249. The zero-order valence-electron chi connectivity index (χ0n) is 32.5. The first-order valence-corrected chi connectivity index (χ1v) is 17.5. The molecular formula is C43H67N. The highest BCUT2D eigenvalue weighted by atomic mass is 15.2. The van der Waals surface area contributed by atoms with Gasteiger partial charge in [0.2, 0.25) is 0 Å². The van der Waals surface area contributed by atoms with Crippen molar-refractivity contribution < 1.29 is 0 Å². The van der Waals surface area contributed by atoms with Crippen molar-refractivity contribution in [1.82, 2.24) is 4.90 Å². The number of hydrogen-bond acceptors (Lipinski definition) is 1. The van der Waals surface area contributed by atoms with Crippen LogP contribution in [0.3, 0.4) is 0 Å². The molecule has 3 aromatic carbocycles. The van der Waals surface area contributed by atoms with Crippen LogP contribution in [0.25, 0.3) is 10.8 Å². The van der Waals surface area contributed by atoms with Gasteiger partial charge in [-0.2, -0.15) is 0 Å². The Kier molecular flexibility index (Phi) is 11.0. The Balaban J connectivity index is 0.000000188. The highest BCUT2D eigenvalue weighted by Crippen LogP contribution is 2.50. The Morgan fingerprint density at radius 2 is 0.545 bits per heavy atom. The van der Waals surface area contributed by atoms with E-state index in [2.05, 4.69) is 143 Å². The van der Waals surface area contributed by atoms with Gasteiger partial charge in [0.15, 0.2) is 0 Å². The summed E-state index contributed by atoms with van der Waals surface area (Å²) in [5.74, 6) is 3.96. The topological polar surface area (TPSA) is 3.24 Å². The Hall–Kier alpha value is -2.12. The molecule has 0 N–H and O–H groups in total. The van der Waals surface area contributed by atoms with Crippen LogP contribution in [0.15, 0.2) is 0 Å². The predicted octanol–water partition coefficient (Wildman–Crippen LogP) is 12.1. The van der Waals surface area contributed by atoms with E-state index in [1.165, 1.54) is 66.4 Å². The third-order valence-electron chi connectivity index (χ3n) is 14.0. The van der Waals surface area contributed by atoms with Crippen LogP contribution in [0, 0.1) is 101 Å². The van der Waals surface area contributed by atoms with Crippen molar-refractivity contribution in [1.29, 1.82) is 0 Å². The molecule has 5 rings (SSSR count). The van der Waals surface area contributed by atoms with Gasteiger partial charge < -0.3 is 4.90 Å². The van der Waals surface area contributed by atoms with Crippen molar-refractivity contribution in [2.45, 2.75) is 155 Å². The molecule has 0 radical (unpaired) electrons. The SMILES string of the molecule is C[C@@H]1[C@H](C)[C@H](C)N(C)[C@@H]1C.Cc1c(C)c(C)c2c(C)c(C)c(C)c(C)c2c1C.Cc1c(C)c(C)c2c(c1C)[C@@H](C)C(C)[C@H]2C. The average molecular weight is 598 g/mol. The normalized spacial score (nSPS) is 26.3. The summed E-state index contributed by atoms with van der Waals surface area (Å²) in [5, 5.41) is 2.97. The first kappa shape index (κ1) is 36.3. The maximum absolute atomic E-state index is 2.48. The fraction of sp³-hybridized carbons (Fsp3) is 0.628. The van der Waals surface area contributed by atoms with E-state index < -0.39 is 0 Å². The first-order chi connectivity index (χ1) is 20.2. The lowest BCUT2D eigenvalue weighted by Gasteiger charge is -2.21. The summed E-state index contributed by atoms with van der Waals surface area (Å²) in [7, 11) is 2.23. The predicted molar refractivity (Wildman–Crippen MR) is 198 cm³/mol. The second-order valence-corrected chi connectivity index (χ2v) is 15.4. The van der Waals surface area contributed by atoms with Crippen LogP contribution in [-0.2, 0) is 0 Å². The van der Waals surface area contributed by atoms with E-state index >= 15 is 0 Å². The first-order valence-electron chi connectivity index (χ1n) is 17.5. The van der Waals surface area contributed by atoms with Crippen LogP contribution in [0.5, 0.6) is 0 Å². The minimum absolute atomic E-state index is 0.725. The summed E-state index contributed by atoms with van der Waals surface area (Å²) in [6, 6.07) is 1.54. The summed E-state index contributed by atoms with van der Waals surface area (Å²) in [6.07, 6.45) is 0. The second-order valence-electron chi connectivity index (χ2n) is 15.4. The van der Waals surface area contributed by atoms with E-state index in [1.807, 2.05) is 0 Å². The highest BCUT2D eigenvalue weighted by molar-refractivity contribution is 5.97. The van der Waals surface area contributed by atoms with E-state index in [0.717, 1.165) is 41.7 Å². The molecule has 0 aromatic heterocycles. The van der Waals surface area contributed by atoms with Gasteiger partial charge in [-0.25, -0.2) is 0 Å². The molecule has 1 unspecified atom stereocenters. The van der Waals surface area contributed by atoms with Gasteiger partial charge >= 0.3 is 0 Å². The molecule has 1 nitrogen and oxygen atoms in total. The third-order valence-corrected chi connectivity index (χ3v) is 14.0. The van der Waals surface area contributed by atoms with Crippen LogP contribution < -0.4 is 0 Å². The van der Waals surface area contributed by atoms with E-state index in [4.69, 9.17) is 0 Å². The Bertz CT molecular complexity index is 1350.